The Morgan fingerprint density at radius 1 is 1.16 bits per heavy atom. The topological polar surface area (TPSA) is 71.2 Å². The van der Waals surface area contributed by atoms with Crippen LogP contribution in [0.1, 0.15) is 15.9 Å². The Bertz CT molecular complexity index is 1010. The van der Waals surface area contributed by atoms with E-state index in [1.165, 1.54) is 12.1 Å². The number of carbonyl (C=O) groups excluding carboxylic acids is 1. The molecule has 0 bridgehead atoms. The van der Waals surface area contributed by atoms with Crippen molar-refractivity contribution in [3.63, 3.8) is 0 Å². The van der Waals surface area contributed by atoms with E-state index in [-0.39, 0.29) is 23.0 Å². The number of hydrogen-bond donors (Lipinski definition) is 2. The normalized spacial score (nSPS) is 10.7. The molecule has 1 amide bonds. The second-order valence-corrected chi connectivity index (χ2v) is 6.23. The number of carbonyl (C=O) groups is 1. The van der Waals surface area contributed by atoms with Gasteiger partial charge in [-0.2, -0.15) is 0 Å². The number of methoxy groups -OCH3 is 1. The van der Waals surface area contributed by atoms with Crippen molar-refractivity contribution in [2.24, 2.45) is 0 Å². The van der Waals surface area contributed by atoms with E-state index in [9.17, 15) is 9.59 Å². The molecule has 0 spiro atoms. The number of nitrogens with one attached hydrogen (secondary N) is 2. The number of H-pyrrole nitrogens is 1. The average molecular weight is 377 g/mol. The molecule has 0 aliphatic rings. The molecule has 3 rings (SSSR count). The van der Waals surface area contributed by atoms with Gasteiger partial charge in [-0.3, -0.25) is 9.59 Å². The lowest BCUT2D eigenvalue weighted by Gasteiger charge is -2.08. The second-order valence-electron chi connectivity index (χ2n) is 5.38. The minimum Gasteiger partial charge on any atom is -0.497 e. The molecule has 3 aromatic rings. The fourth-order valence-corrected chi connectivity index (χ4v) is 2.92. The van der Waals surface area contributed by atoms with Crippen molar-refractivity contribution in [2.45, 2.75) is 6.54 Å². The number of ether oxygens (including phenoxy) is 1. The lowest BCUT2D eigenvalue weighted by Crippen LogP contribution is -2.26. The second kappa shape index (κ2) is 7.17. The molecule has 0 aliphatic heterocycles. The number of fused-ring (bicyclic) bond motifs is 1. The summed E-state index contributed by atoms with van der Waals surface area (Å²) in [6, 6.07) is 11.7. The molecule has 2 N–H and O–H groups in total. The van der Waals surface area contributed by atoms with E-state index in [0.29, 0.717) is 27.4 Å². The quantitative estimate of drug-likeness (QED) is 0.727. The number of hydrogen-bond acceptors (Lipinski definition) is 3. The van der Waals surface area contributed by atoms with Crippen molar-refractivity contribution in [1.82, 2.24) is 10.3 Å². The van der Waals surface area contributed by atoms with Gasteiger partial charge in [0.15, 0.2) is 0 Å². The summed E-state index contributed by atoms with van der Waals surface area (Å²) in [7, 11) is 1.56. The summed E-state index contributed by atoms with van der Waals surface area (Å²) < 4.78 is 5.14. The largest absolute Gasteiger partial charge is 0.497 e. The zero-order valence-electron chi connectivity index (χ0n) is 13.2. The van der Waals surface area contributed by atoms with E-state index in [1.807, 2.05) is 6.07 Å². The van der Waals surface area contributed by atoms with Crippen LogP contribution >= 0.6 is 23.2 Å². The van der Waals surface area contributed by atoms with Crippen LogP contribution in [0.3, 0.4) is 0 Å². The molecule has 25 heavy (non-hydrogen) atoms. The molecule has 7 heteroatoms. The highest BCUT2D eigenvalue weighted by atomic mass is 35.5. The first-order valence-corrected chi connectivity index (χ1v) is 8.17. The summed E-state index contributed by atoms with van der Waals surface area (Å²) in [4.78, 5) is 27.2. The fourth-order valence-electron chi connectivity index (χ4n) is 2.43. The molecule has 2 aromatic carbocycles. The van der Waals surface area contributed by atoms with Gasteiger partial charge in [-0.1, -0.05) is 23.2 Å². The van der Waals surface area contributed by atoms with Crippen molar-refractivity contribution in [3.8, 4) is 5.75 Å². The third-order valence-electron chi connectivity index (χ3n) is 3.75. The van der Waals surface area contributed by atoms with Gasteiger partial charge >= 0.3 is 0 Å². The zero-order valence-corrected chi connectivity index (χ0v) is 14.7. The Kier molecular flexibility index (Phi) is 4.97. The van der Waals surface area contributed by atoms with Gasteiger partial charge < -0.3 is 15.0 Å². The first-order valence-electron chi connectivity index (χ1n) is 7.41. The summed E-state index contributed by atoms with van der Waals surface area (Å²) >= 11 is 11.8. The highest BCUT2D eigenvalue weighted by molar-refractivity contribution is 6.36. The van der Waals surface area contributed by atoms with Gasteiger partial charge in [0, 0.05) is 23.2 Å². The number of aromatic amines is 1. The van der Waals surface area contributed by atoms with Crippen LogP contribution in [-0.2, 0) is 6.54 Å². The number of halogens is 2. The Balaban J connectivity index is 1.82. The van der Waals surface area contributed by atoms with E-state index >= 15 is 0 Å². The van der Waals surface area contributed by atoms with E-state index in [2.05, 4.69) is 10.3 Å². The number of amides is 1. The van der Waals surface area contributed by atoms with Crippen LogP contribution < -0.4 is 15.6 Å². The number of aromatic nitrogens is 1. The van der Waals surface area contributed by atoms with Crippen LogP contribution in [0.2, 0.25) is 10.0 Å². The minimum atomic E-state index is -0.379. The molecule has 128 valence electrons. The van der Waals surface area contributed by atoms with Crippen molar-refractivity contribution in [2.75, 3.05) is 7.11 Å². The highest BCUT2D eigenvalue weighted by Gasteiger charge is 2.12. The molecule has 0 unspecified atom stereocenters. The van der Waals surface area contributed by atoms with Gasteiger partial charge in [-0.05, 0) is 41.8 Å². The Labute approximate surface area is 153 Å². The molecule has 1 aromatic heterocycles. The highest BCUT2D eigenvalue weighted by Crippen LogP contribution is 2.21. The first kappa shape index (κ1) is 17.3. The van der Waals surface area contributed by atoms with Crippen molar-refractivity contribution >= 4 is 40.0 Å². The summed E-state index contributed by atoms with van der Waals surface area (Å²) in [5, 5.41) is 4.24. The van der Waals surface area contributed by atoms with Crippen LogP contribution in [-0.4, -0.2) is 18.0 Å². The average Bonchev–Trinajstić information content (AvgIpc) is 2.59. The summed E-state index contributed by atoms with van der Waals surface area (Å²) in [6.45, 7) is 0.0785. The van der Waals surface area contributed by atoms with Gasteiger partial charge in [0.1, 0.15) is 5.75 Å². The number of rotatable bonds is 4. The fraction of sp³-hybridized carbons (Fsp3) is 0.111. The summed E-state index contributed by atoms with van der Waals surface area (Å²) in [6.07, 6.45) is 0. The van der Waals surface area contributed by atoms with E-state index < -0.39 is 0 Å². The Morgan fingerprint density at radius 2 is 1.96 bits per heavy atom. The van der Waals surface area contributed by atoms with Gasteiger partial charge in [0.25, 0.3) is 11.5 Å². The van der Waals surface area contributed by atoms with Crippen LogP contribution in [0.5, 0.6) is 5.75 Å². The summed E-state index contributed by atoms with van der Waals surface area (Å²) in [5.74, 6) is 0.275. The van der Waals surface area contributed by atoms with Gasteiger partial charge in [0.2, 0.25) is 0 Å². The van der Waals surface area contributed by atoms with Crippen molar-refractivity contribution in [1.29, 1.82) is 0 Å². The van der Waals surface area contributed by atoms with E-state index in [1.54, 1.807) is 31.4 Å². The van der Waals surface area contributed by atoms with Crippen LogP contribution in [0, 0.1) is 0 Å². The summed E-state index contributed by atoms with van der Waals surface area (Å²) in [5.41, 5.74) is 1.13. The maximum Gasteiger partial charge on any atom is 0.253 e. The number of benzene rings is 2. The monoisotopic (exact) mass is 376 g/mol. The molecule has 0 saturated heterocycles. The maximum atomic E-state index is 12.2. The smallest absolute Gasteiger partial charge is 0.253 e. The van der Waals surface area contributed by atoms with Gasteiger partial charge in [-0.25, -0.2) is 0 Å². The van der Waals surface area contributed by atoms with Crippen LogP contribution in [0.25, 0.3) is 10.9 Å². The minimum absolute atomic E-state index is 0.0785. The molecule has 1 heterocycles. The molecule has 5 nitrogen and oxygen atoms in total. The van der Waals surface area contributed by atoms with Crippen LogP contribution in [0.4, 0.5) is 0 Å². The Hall–Kier alpha value is -2.50. The van der Waals surface area contributed by atoms with Gasteiger partial charge in [-0.15, -0.1) is 0 Å². The molecule has 0 atom stereocenters. The molecular weight excluding hydrogens is 363 g/mol. The molecule has 0 fully saturated rings. The lowest BCUT2D eigenvalue weighted by atomic mass is 10.1. The molecule has 0 radical (unpaired) electrons. The zero-order chi connectivity index (χ0) is 18.0. The molecule has 0 saturated carbocycles. The van der Waals surface area contributed by atoms with E-state index in [4.69, 9.17) is 27.9 Å². The molecule has 0 aliphatic carbocycles. The Morgan fingerprint density at radius 3 is 2.68 bits per heavy atom. The van der Waals surface area contributed by atoms with Crippen LogP contribution in [0.15, 0.2) is 47.3 Å². The van der Waals surface area contributed by atoms with Gasteiger partial charge in [0.05, 0.1) is 23.2 Å². The predicted molar refractivity (Wildman–Crippen MR) is 98.8 cm³/mol. The third-order valence-corrected chi connectivity index (χ3v) is 4.29. The SMILES string of the molecule is COc1ccc2cc(CNC(=O)c3ccc(Cl)cc3Cl)c(=O)[nH]c2c1. The van der Waals surface area contributed by atoms with E-state index in [0.717, 1.165) is 5.39 Å². The predicted octanol–water partition coefficient (Wildman–Crippen LogP) is 3.77. The van der Waals surface area contributed by atoms with Crippen molar-refractivity contribution in [3.05, 3.63) is 74.0 Å². The standard InChI is InChI=1S/C18H14Cl2N2O3/c1-25-13-4-2-10-6-11(17(23)22-16(10)8-13)9-21-18(24)14-5-3-12(19)7-15(14)20/h2-8H,9H2,1H3,(H,21,24)(H,22,23). The first-order chi connectivity index (χ1) is 12.0. The molecular formula is C18H14Cl2N2O3. The maximum absolute atomic E-state index is 12.2. The van der Waals surface area contributed by atoms with Crippen molar-refractivity contribution < 1.29 is 9.53 Å². The number of pyridine rings is 1. The third kappa shape index (κ3) is 3.78. The lowest BCUT2D eigenvalue weighted by molar-refractivity contribution is 0.0951.